The van der Waals surface area contributed by atoms with Gasteiger partial charge in [0.2, 0.25) is 0 Å². The zero-order valence-corrected chi connectivity index (χ0v) is 9.79. The van der Waals surface area contributed by atoms with E-state index < -0.39 is 0 Å². The lowest BCUT2D eigenvalue weighted by atomic mass is 10.3. The number of aromatic amines is 1. The van der Waals surface area contributed by atoms with Gasteiger partial charge in [0, 0.05) is 16.9 Å². The van der Waals surface area contributed by atoms with Crippen molar-refractivity contribution in [1.29, 1.82) is 0 Å². The van der Waals surface area contributed by atoms with Gasteiger partial charge in [-0.05, 0) is 24.6 Å². The van der Waals surface area contributed by atoms with Crippen LogP contribution in [0.15, 0.2) is 35.3 Å². The number of aryl methyl sites for hydroxylation is 1. The average molecular weight is 237 g/mol. The van der Waals surface area contributed by atoms with Crippen LogP contribution >= 0.6 is 11.6 Å². The van der Waals surface area contributed by atoms with E-state index >= 15 is 0 Å². The number of H-pyrrole nitrogens is 1. The highest BCUT2D eigenvalue weighted by atomic mass is 35.5. The molecule has 0 aliphatic rings. The van der Waals surface area contributed by atoms with E-state index in [1.54, 1.807) is 16.7 Å². The van der Waals surface area contributed by atoms with Crippen LogP contribution in [0.5, 0.6) is 0 Å². The Bertz CT molecular complexity index is 542. The molecule has 3 nitrogen and oxygen atoms in total. The summed E-state index contributed by atoms with van der Waals surface area (Å²) in [5.74, 6) is 0. The lowest BCUT2D eigenvalue weighted by molar-refractivity contribution is 0.888. The Hall–Kier alpha value is -1.48. The van der Waals surface area contributed by atoms with Crippen molar-refractivity contribution >= 4 is 11.6 Å². The molecule has 2 rings (SSSR count). The van der Waals surface area contributed by atoms with Gasteiger partial charge in [-0.2, -0.15) is 0 Å². The highest BCUT2D eigenvalue weighted by Crippen LogP contribution is 2.13. The molecular formula is C12H13ClN2O. The summed E-state index contributed by atoms with van der Waals surface area (Å²) < 4.78 is 1.58. The Balaban J connectivity index is 2.44. The SMILES string of the molecule is CCCc1cn(-c2cccc(Cl)c2)c(=O)[nH]1. The fraction of sp³-hybridized carbons (Fsp3) is 0.250. The van der Waals surface area contributed by atoms with E-state index in [9.17, 15) is 4.79 Å². The molecule has 0 saturated heterocycles. The number of benzene rings is 1. The summed E-state index contributed by atoms with van der Waals surface area (Å²) in [6.07, 6.45) is 3.72. The van der Waals surface area contributed by atoms with Crippen LogP contribution in [0, 0.1) is 0 Å². The third kappa shape index (κ3) is 2.19. The molecule has 0 aliphatic heterocycles. The van der Waals surface area contributed by atoms with Crippen LogP contribution in [0.25, 0.3) is 5.69 Å². The van der Waals surface area contributed by atoms with Gasteiger partial charge in [-0.25, -0.2) is 4.79 Å². The molecule has 4 heteroatoms. The van der Waals surface area contributed by atoms with Crippen LogP contribution in [0.3, 0.4) is 0 Å². The molecule has 16 heavy (non-hydrogen) atoms. The molecule has 1 aromatic carbocycles. The number of nitrogens with zero attached hydrogens (tertiary/aromatic N) is 1. The van der Waals surface area contributed by atoms with Gasteiger partial charge in [0.1, 0.15) is 0 Å². The number of hydrogen-bond acceptors (Lipinski definition) is 1. The van der Waals surface area contributed by atoms with E-state index in [0.29, 0.717) is 5.02 Å². The van der Waals surface area contributed by atoms with Gasteiger partial charge in [-0.15, -0.1) is 0 Å². The maximum atomic E-state index is 11.7. The van der Waals surface area contributed by atoms with Gasteiger partial charge in [-0.1, -0.05) is 31.0 Å². The van der Waals surface area contributed by atoms with Crippen LogP contribution < -0.4 is 5.69 Å². The molecule has 2 aromatic rings. The summed E-state index contributed by atoms with van der Waals surface area (Å²) in [6, 6.07) is 7.25. The first-order valence-electron chi connectivity index (χ1n) is 5.27. The zero-order valence-electron chi connectivity index (χ0n) is 9.03. The minimum Gasteiger partial charge on any atom is -0.310 e. The molecule has 84 valence electrons. The molecule has 0 atom stereocenters. The third-order valence-corrected chi connectivity index (χ3v) is 2.61. The smallest absolute Gasteiger partial charge is 0.310 e. The lowest BCUT2D eigenvalue weighted by Gasteiger charge is -2.00. The number of aromatic nitrogens is 2. The zero-order chi connectivity index (χ0) is 11.5. The molecule has 1 aromatic heterocycles. The summed E-state index contributed by atoms with van der Waals surface area (Å²) >= 11 is 5.89. The van der Waals surface area contributed by atoms with Crippen molar-refractivity contribution in [2.24, 2.45) is 0 Å². The van der Waals surface area contributed by atoms with Crippen molar-refractivity contribution in [2.45, 2.75) is 19.8 Å². The maximum Gasteiger partial charge on any atom is 0.330 e. The second kappa shape index (κ2) is 4.58. The molecule has 0 saturated carbocycles. The number of imidazole rings is 1. The van der Waals surface area contributed by atoms with Crippen LogP contribution in [0.1, 0.15) is 19.0 Å². The van der Waals surface area contributed by atoms with Crippen molar-refractivity contribution in [2.75, 3.05) is 0 Å². The largest absolute Gasteiger partial charge is 0.330 e. The first-order valence-corrected chi connectivity index (χ1v) is 5.65. The van der Waals surface area contributed by atoms with Crippen LogP contribution in [0.2, 0.25) is 5.02 Å². The fourth-order valence-corrected chi connectivity index (χ4v) is 1.84. The van der Waals surface area contributed by atoms with Gasteiger partial charge in [-0.3, -0.25) is 4.57 Å². The summed E-state index contributed by atoms with van der Waals surface area (Å²) in [6.45, 7) is 2.08. The monoisotopic (exact) mass is 236 g/mol. The summed E-state index contributed by atoms with van der Waals surface area (Å²) in [7, 11) is 0. The maximum absolute atomic E-state index is 11.7. The molecule has 0 bridgehead atoms. The standard InChI is InChI=1S/C12H13ClN2O/c1-2-4-10-8-15(12(16)14-10)11-6-3-5-9(13)7-11/h3,5-8H,2,4H2,1H3,(H,14,16). The predicted molar refractivity (Wildman–Crippen MR) is 65.4 cm³/mol. The van der Waals surface area contributed by atoms with E-state index in [1.165, 1.54) is 0 Å². The van der Waals surface area contributed by atoms with Gasteiger partial charge >= 0.3 is 5.69 Å². The summed E-state index contributed by atoms with van der Waals surface area (Å²) in [5.41, 5.74) is 1.62. The topological polar surface area (TPSA) is 37.8 Å². The summed E-state index contributed by atoms with van der Waals surface area (Å²) in [5, 5.41) is 0.627. The van der Waals surface area contributed by atoms with E-state index in [2.05, 4.69) is 11.9 Å². The van der Waals surface area contributed by atoms with Crippen molar-refractivity contribution in [3.05, 3.63) is 51.7 Å². The highest BCUT2D eigenvalue weighted by Gasteiger charge is 2.04. The van der Waals surface area contributed by atoms with E-state index in [-0.39, 0.29) is 5.69 Å². The predicted octanol–water partition coefficient (Wildman–Crippen LogP) is 2.77. The minimum atomic E-state index is -0.120. The van der Waals surface area contributed by atoms with Crippen molar-refractivity contribution in [3.63, 3.8) is 0 Å². The molecule has 0 fully saturated rings. The second-order valence-corrected chi connectivity index (χ2v) is 4.12. The van der Waals surface area contributed by atoms with Crippen LogP contribution in [-0.2, 0) is 6.42 Å². The van der Waals surface area contributed by atoms with E-state index in [1.807, 2.05) is 18.3 Å². The third-order valence-electron chi connectivity index (χ3n) is 2.38. The number of hydrogen-bond donors (Lipinski definition) is 1. The molecule has 1 heterocycles. The van der Waals surface area contributed by atoms with Gasteiger partial charge < -0.3 is 4.98 Å². The minimum absolute atomic E-state index is 0.120. The second-order valence-electron chi connectivity index (χ2n) is 3.68. The Morgan fingerprint density at radius 2 is 2.25 bits per heavy atom. The van der Waals surface area contributed by atoms with Gasteiger partial charge in [0.15, 0.2) is 0 Å². The van der Waals surface area contributed by atoms with Gasteiger partial charge in [0.05, 0.1) is 5.69 Å². The Morgan fingerprint density at radius 3 is 2.94 bits per heavy atom. The van der Waals surface area contributed by atoms with Crippen molar-refractivity contribution in [3.8, 4) is 5.69 Å². The van der Waals surface area contributed by atoms with Crippen molar-refractivity contribution < 1.29 is 0 Å². The molecule has 0 radical (unpaired) electrons. The molecule has 0 amide bonds. The number of nitrogens with one attached hydrogen (secondary N) is 1. The number of halogens is 1. The number of rotatable bonds is 3. The van der Waals surface area contributed by atoms with Gasteiger partial charge in [0.25, 0.3) is 0 Å². The summed E-state index contributed by atoms with van der Waals surface area (Å²) in [4.78, 5) is 14.5. The highest BCUT2D eigenvalue weighted by molar-refractivity contribution is 6.30. The Morgan fingerprint density at radius 1 is 1.44 bits per heavy atom. The Kier molecular flexibility index (Phi) is 3.15. The molecule has 0 spiro atoms. The first-order chi connectivity index (χ1) is 7.70. The molecule has 1 N–H and O–H groups in total. The molecule has 0 aliphatic carbocycles. The van der Waals surface area contributed by atoms with Crippen LogP contribution in [0.4, 0.5) is 0 Å². The quantitative estimate of drug-likeness (QED) is 0.874. The van der Waals surface area contributed by atoms with E-state index in [0.717, 1.165) is 24.2 Å². The van der Waals surface area contributed by atoms with E-state index in [4.69, 9.17) is 11.6 Å². The first kappa shape index (κ1) is 11.0. The lowest BCUT2D eigenvalue weighted by Crippen LogP contribution is -2.13. The van der Waals surface area contributed by atoms with Crippen molar-refractivity contribution in [1.82, 2.24) is 9.55 Å². The van der Waals surface area contributed by atoms with Crippen LogP contribution in [-0.4, -0.2) is 9.55 Å². The molecular weight excluding hydrogens is 224 g/mol. The average Bonchev–Trinajstić information content (AvgIpc) is 2.60. The fourth-order valence-electron chi connectivity index (χ4n) is 1.66. The normalized spacial score (nSPS) is 10.6. The Labute approximate surface area is 98.7 Å². The molecule has 0 unspecified atom stereocenters.